The Balaban J connectivity index is 0.000000440. The fraction of sp³-hybridized carbons (Fsp3) is 0.842. The Kier molecular flexibility index (Phi) is 9.18. The van der Waals surface area contributed by atoms with E-state index in [1.807, 2.05) is 36.4 Å². The first-order valence-corrected chi connectivity index (χ1v) is 19.9. The Hall–Kier alpha value is -1.10. The lowest BCUT2D eigenvalue weighted by Crippen LogP contribution is -2.61. The van der Waals surface area contributed by atoms with E-state index in [9.17, 15) is 0 Å². The van der Waals surface area contributed by atoms with E-state index in [0.717, 1.165) is 47.3 Å². The zero-order valence-corrected chi connectivity index (χ0v) is 28.0. The summed E-state index contributed by atoms with van der Waals surface area (Å²) >= 11 is 0. The largest absolute Gasteiger partial charge is 0.286 e. The minimum absolute atomic E-state index is 0.420. The predicted molar refractivity (Wildman–Crippen MR) is 184 cm³/mol. The Bertz CT molecular complexity index is 902. The van der Waals surface area contributed by atoms with E-state index < -0.39 is 0 Å². The third-order valence-electron chi connectivity index (χ3n) is 14.5. The molecule has 8 N–H and O–H groups in total. The van der Waals surface area contributed by atoms with Gasteiger partial charge in [0.25, 0.3) is 0 Å². The predicted octanol–water partition coefficient (Wildman–Crippen LogP) is 4.29. The van der Waals surface area contributed by atoms with E-state index in [-0.39, 0.29) is 0 Å². The Morgan fingerprint density at radius 3 is 0.478 bits per heavy atom. The van der Waals surface area contributed by atoms with Gasteiger partial charge in [-0.3, -0.25) is 42.5 Å². The van der Waals surface area contributed by atoms with Gasteiger partial charge in [-0.1, -0.05) is 87.8 Å². The molecule has 9 fully saturated rings. The van der Waals surface area contributed by atoms with Crippen molar-refractivity contribution in [3.05, 3.63) is 36.4 Å². The van der Waals surface area contributed by atoms with Crippen LogP contribution in [-0.2, 0) is 0 Å². The number of rotatable bonds is 0. The van der Waals surface area contributed by atoms with Gasteiger partial charge in [-0.15, -0.1) is 0 Å². The fourth-order valence-electron chi connectivity index (χ4n) is 12.4. The number of fused-ring (bicyclic) bond motifs is 20. The molecular weight excluding hydrogens is 568 g/mol. The molecule has 0 spiro atoms. The van der Waals surface area contributed by atoms with Crippen LogP contribution in [0.5, 0.6) is 0 Å². The van der Waals surface area contributed by atoms with Crippen LogP contribution in [0.2, 0.25) is 0 Å². The molecule has 5 heterocycles. The zero-order chi connectivity index (χ0) is 30.5. The van der Waals surface area contributed by atoms with E-state index in [0.29, 0.717) is 49.3 Å². The van der Waals surface area contributed by atoms with E-state index in [4.69, 9.17) is 0 Å². The van der Waals surface area contributed by atoms with Crippen LogP contribution in [0.15, 0.2) is 36.4 Å². The highest BCUT2D eigenvalue weighted by Gasteiger charge is 2.54. The van der Waals surface area contributed by atoms with Gasteiger partial charge in [-0.2, -0.15) is 0 Å². The number of hydrogen-bond donors (Lipinski definition) is 8. The molecule has 0 aromatic heterocycles. The quantitative estimate of drug-likeness (QED) is 0.215. The lowest BCUT2D eigenvalue weighted by Gasteiger charge is -2.35. The summed E-state index contributed by atoms with van der Waals surface area (Å²) in [7, 11) is 0. The molecule has 8 heteroatoms. The van der Waals surface area contributed by atoms with Crippen molar-refractivity contribution in [2.24, 2.45) is 47.3 Å². The minimum atomic E-state index is 0.420. The summed E-state index contributed by atoms with van der Waals surface area (Å²) in [5.41, 5.74) is 0. The molecule has 254 valence electrons. The third kappa shape index (κ3) is 5.91. The van der Waals surface area contributed by atoms with Crippen LogP contribution in [0.25, 0.3) is 0 Å². The smallest absolute Gasteiger partial charge is 0.0628 e. The number of hydrogen-bond acceptors (Lipinski definition) is 8. The van der Waals surface area contributed by atoms with E-state index in [1.54, 1.807) is 0 Å². The number of benzene rings is 1. The first kappa shape index (κ1) is 30.9. The van der Waals surface area contributed by atoms with E-state index in [1.165, 1.54) is 103 Å². The molecule has 0 amide bonds. The standard InChI is InChI=1S/C32H56N8.C6H6/c1-2-10-18-17(9-1)25-33-26(18)38-28-21-13-5-6-14-22(21)30(35-28)40-32-24-16-8-7-15-23(24)31(36-32)39-29-20-12-4-3-11-19(20)27(34-29)37-25;1-2-4-6-5-3-1/h17-40H,1-16H2;1-6H. The second-order valence-electron chi connectivity index (χ2n) is 16.8. The van der Waals surface area contributed by atoms with Gasteiger partial charge < -0.3 is 0 Å². The van der Waals surface area contributed by atoms with Crippen LogP contribution in [0.3, 0.4) is 0 Å². The average Bonchev–Trinajstić information content (AvgIpc) is 3.85. The topological polar surface area (TPSA) is 96.2 Å². The molecule has 9 aliphatic rings. The summed E-state index contributed by atoms with van der Waals surface area (Å²) in [5.74, 6) is 5.97. The summed E-state index contributed by atoms with van der Waals surface area (Å²) in [6.07, 6.45) is 25.6. The summed E-state index contributed by atoms with van der Waals surface area (Å²) < 4.78 is 0. The van der Waals surface area contributed by atoms with Crippen LogP contribution in [0.4, 0.5) is 0 Å². The van der Waals surface area contributed by atoms with Gasteiger partial charge in [-0.25, -0.2) is 0 Å². The third-order valence-corrected chi connectivity index (χ3v) is 14.5. The van der Waals surface area contributed by atoms with Gasteiger partial charge in [-0.05, 0) is 98.7 Å². The molecule has 5 aliphatic heterocycles. The van der Waals surface area contributed by atoms with Crippen molar-refractivity contribution < 1.29 is 0 Å². The Labute approximate surface area is 277 Å². The van der Waals surface area contributed by atoms with E-state index in [2.05, 4.69) is 42.5 Å². The molecule has 8 unspecified atom stereocenters. The van der Waals surface area contributed by atoms with Crippen molar-refractivity contribution in [2.75, 3.05) is 0 Å². The highest BCUT2D eigenvalue weighted by molar-refractivity contribution is 5.08. The maximum Gasteiger partial charge on any atom is 0.0628 e. The van der Waals surface area contributed by atoms with Gasteiger partial charge in [0, 0.05) is 0 Å². The van der Waals surface area contributed by atoms with Crippen LogP contribution in [-0.4, -0.2) is 49.3 Å². The van der Waals surface area contributed by atoms with Crippen LogP contribution < -0.4 is 42.5 Å². The SMILES string of the molecule is C1CCC2C3NC(NC4NC(NC5NC(NC6NC(N3)C3CCCCC63)C3CCCCC53)C3CCCCC43)C2C1.c1ccccc1. The number of nitrogens with one attached hydrogen (secondary N) is 8. The normalized spacial score (nSPS) is 51.1. The molecule has 10 rings (SSSR count). The maximum absolute atomic E-state index is 4.26. The van der Waals surface area contributed by atoms with Gasteiger partial charge in [0.05, 0.1) is 49.3 Å². The Morgan fingerprint density at radius 1 is 0.217 bits per heavy atom. The van der Waals surface area contributed by atoms with Crippen molar-refractivity contribution in [2.45, 2.75) is 152 Å². The van der Waals surface area contributed by atoms with Crippen molar-refractivity contribution in [3.63, 3.8) is 0 Å². The lowest BCUT2D eigenvalue weighted by molar-refractivity contribution is 0.167. The van der Waals surface area contributed by atoms with Crippen LogP contribution in [0, 0.1) is 47.3 Å². The van der Waals surface area contributed by atoms with Crippen molar-refractivity contribution >= 4 is 0 Å². The highest BCUT2D eigenvalue weighted by Crippen LogP contribution is 2.45. The molecule has 0 radical (unpaired) electrons. The van der Waals surface area contributed by atoms with Gasteiger partial charge >= 0.3 is 0 Å². The van der Waals surface area contributed by atoms with Crippen LogP contribution >= 0.6 is 0 Å². The van der Waals surface area contributed by atoms with Crippen molar-refractivity contribution in [3.8, 4) is 0 Å². The molecule has 8 atom stereocenters. The Morgan fingerprint density at radius 2 is 0.348 bits per heavy atom. The molecule has 1 aromatic carbocycles. The van der Waals surface area contributed by atoms with Crippen molar-refractivity contribution in [1.82, 2.24) is 42.5 Å². The second kappa shape index (κ2) is 13.7. The monoisotopic (exact) mass is 631 g/mol. The highest BCUT2D eigenvalue weighted by atomic mass is 15.4. The van der Waals surface area contributed by atoms with Gasteiger partial charge in [0.1, 0.15) is 0 Å². The second-order valence-corrected chi connectivity index (χ2v) is 16.8. The van der Waals surface area contributed by atoms with Crippen molar-refractivity contribution in [1.29, 1.82) is 0 Å². The first-order chi connectivity index (χ1) is 22.8. The average molecular weight is 631 g/mol. The minimum Gasteiger partial charge on any atom is -0.286 e. The van der Waals surface area contributed by atoms with Gasteiger partial charge in [0.2, 0.25) is 0 Å². The molecular formula is C38H62N8. The summed E-state index contributed by atoms with van der Waals surface area (Å²) in [6.45, 7) is 0. The lowest BCUT2D eigenvalue weighted by atomic mass is 9.76. The first-order valence-electron chi connectivity index (χ1n) is 19.9. The van der Waals surface area contributed by atoms with E-state index >= 15 is 0 Å². The molecule has 1 aromatic rings. The zero-order valence-electron chi connectivity index (χ0n) is 28.0. The molecule has 8 bridgehead atoms. The van der Waals surface area contributed by atoms with Gasteiger partial charge in [0.15, 0.2) is 0 Å². The maximum atomic E-state index is 4.26. The molecule has 46 heavy (non-hydrogen) atoms. The summed E-state index contributed by atoms with van der Waals surface area (Å²) in [4.78, 5) is 0. The molecule has 5 saturated heterocycles. The fourth-order valence-corrected chi connectivity index (χ4v) is 12.4. The molecule has 8 nitrogen and oxygen atoms in total. The molecule has 4 saturated carbocycles. The summed E-state index contributed by atoms with van der Waals surface area (Å²) in [6, 6.07) is 12.0. The molecule has 4 aliphatic carbocycles. The summed E-state index contributed by atoms with van der Waals surface area (Å²) in [5, 5.41) is 33.8. The van der Waals surface area contributed by atoms with Crippen LogP contribution in [0.1, 0.15) is 103 Å².